The van der Waals surface area contributed by atoms with Crippen molar-refractivity contribution in [2.75, 3.05) is 13.1 Å². The van der Waals surface area contributed by atoms with Gasteiger partial charge in [-0.1, -0.05) is 12.1 Å². The van der Waals surface area contributed by atoms with Crippen molar-refractivity contribution in [2.45, 2.75) is 25.4 Å². The van der Waals surface area contributed by atoms with Crippen molar-refractivity contribution in [3.8, 4) is 0 Å². The lowest BCUT2D eigenvalue weighted by atomic mass is 10.1. The molecule has 0 bridgehead atoms. The number of benzene rings is 1. The Kier molecular flexibility index (Phi) is 5.41. The highest BCUT2D eigenvalue weighted by Crippen LogP contribution is 2.20. The lowest BCUT2D eigenvalue weighted by molar-refractivity contribution is -0.135. The van der Waals surface area contributed by atoms with Gasteiger partial charge in [0.05, 0.1) is 0 Å². The molecule has 0 atom stereocenters. The minimum Gasteiger partial charge on any atom is -0.316 e. The molecule has 17 heavy (non-hydrogen) atoms. The number of hydrogen-bond acceptors (Lipinski definition) is 1. The van der Waals surface area contributed by atoms with Crippen LogP contribution in [-0.4, -0.2) is 19.3 Å². The summed E-state index contributed by atoms with van der Waals surface area (Å²) in [5.74, 6) is -0.292. The van der Waals surface area contributed by atoms with Crippen LogP contribution in [0.15, 0.2) is 24.3 Å². The predicted octanol–water partition coefficient (Wildman–Crippen LogP) is 3.30. The maximum atomic E-state index is 12.8. The highest BCUT2D eigenvalue weighted by molar-refractivity contribution is 5.16. The molecule has 0 radical (unpaired) electrons. The standard InChI is InChI=1S/C12H15F4N/c13-11-4-1-3-10(9-11)5-8-17-7-2-6-12(14,15)16/h1,3-4,9,17H,2,5-8H2. The van der Waals surface area contributed by atoms with Gasteiger partial charge in [0.2, 0.25) is 0 Å². The Labute approximate surface area is 97.8 Å². The quantitative estimate of drug-likeness (QED) is 0.602. The van der Waals surface area contributed by atoms with Gasteiger partial charge >= 0.3 is 6.18 Å². The van der Waals surface area contributed by atoms with Gasteiger partial charge in [-0.15, -0.1) is 0 Å². The number of hydrogen-bond donors (Lipinski definition) is 1. The van der Waals surface area contributed by atoms with E-state index in [1.54, 1.807) is 12.1 Å². The van der Waals surface area contributed by atoms with Gasteiger partial charge in [0.15, 0.2) is 0 Å². The molecule has 1 nitrogen and oxygen atoms in total. The van der Waals surface area contributed by atoms with Crippen molar-refractivity contribution in [1.29, 1.82) is 0 Å². The summed E-state index contributed by atoms with van der Waals surface area (Å²) < 4.78 is 48.2. The second-order valence-corrected chi connectivity index (χ2v) is 3.85. The fourth-order valence-electron chi connectivity index (χ4n) is 1.46. The van der Waals surface area contributed by atoms with Crippen molar-refractivity contribution in [2.24, 2.45) is 0 Å². The Balaban J connectivity index is 2.09. The topological polar surface area (TPSA) is 12.0 Å². The molecule has 1 N–H and O–H groups in total. The lowest BCUT2D eigenvalue weighted by Crippen LogP contribution is -2.20. The second kappa shape index (κ2) is 6.59. The third kappa shape index (κ3) is 6.94. The number of nitrogens with one attached hydrogen (secondary N) is 1. The molecule has 0 amide bonds. The molecule has 0 aliphatic rings. The number of halogens is 4. The summed E-state index contributed by atoms with van der Waals surface area (Å²) >= 11 is 0. The SMILES string of the molecule is Fc1cccc(CCNCCCC(F)(F)F)c1. The van der Waals surface area contributed by atoms with Crippen LogP contribution in [0.5, 0.6) is 0 Å². The van der Waals surface area contributed by atoms with Crippen LogP contribution in [0.4, 0.5) is 17.6 Å². The highest BCUT2D eigenvalue weighted by Gasteiger charge is 2.25. The monoisotopic (exact) mass is 249 g/mol. The minimum absolute atomic E-state index is 0.0760. The van der Waals surface area contributed by atoms with E-state index < -0.39 is 12.6 Å². The van der Waals surface area contributed by atoms with Crippen LogP contribution in [0.3, 0.4) is 0 Å². The Bertz CT molecular complexity index is 336. The molecular weight excluding hydrogens is 234 g/mol. The van der Waals surface area contributed by atoms with E-state index in [2.05, 4.69) is 5.32 Å². The molecule has 5 heteroatoms. The largest absolute Gasteiger partial charge is 0.389 e. The molecule has 1 aromatic rings. The average Bonchev–Trinajstić information content (AvgIpc) is 2.22. The molecule has 0 aliphatic carbocycles. The van der Waals surface area contributed by atoms with E-state index in [4.69, 9.17) is 0 Å². The van der Waals surface area contributed by atoms with Crippen molar-refractivity contribution in [3.63, 3.8) is 0 Å². The molecular formula is C12H15F4N. The van der Waals surface area contributed by atoms with E-state index in [0.29, 0.717) is 19.5 Å². The molecule has 0 saturated carbocycles. The zero-order chi connectivity index (χ0) is 12.7. The van der Waals surface area contributed by atoms with Gasteiger partial charge in [-0.2, -0.15) is 13.2 Å². The zero-order valence-corrected chi connectivity index (χ0v) is 9.36. The molecule has 0 saturated heterocycles. The van der Waals surface area contributed by atoms with Crippen molar-refractivity contribution in [1.82, 2.24) is 5.32 Å². The normalized spacial score (nSPS) is 11.8. The first-order valence-electron chi connectivity index (χ1n) is 5.49. The summed E-state index contributed by atoms with van der Waals surface area (Å²) in [7, 11) is 0. The summed E-state index contributed by atoms with van der Waals surface area (Å²) in [4.78, 5) is 0. The Hall–Kier alpha value is -1.10. The van der Waals surface area contributed by atoms with Crippen molar-refractivity contribution >= 4 is 0 Å². The Morgan fingerprint density at radius 2 is 1.88 bits per heavy atom. The first-order chi connectivity index (χ1) is 7.97. The molecule has 1 aromatic carbocycles. The van der Waals surface area contributed by atoms with E-state index in [-0.39, 0.29) is 12.2 Å². The van der Waals surface area contributed by atoms with Gasteiger partial charge in [0, 0.05) is 6.42 Å². The second-order valence-electron chi connectivity index (χ2n) is 3.85. The minimum atomic E-state index is -4.08. The third-order valence-corrected chi connectivity index (χ3v) is 2.29. The van der Waals surface area contributed by atoms with Gasteiger partial charge < -0.3 is 5.32 Å². The van der Waals surface area contributed by atoms with E-state index in [1.807, 2.05) is 0 Å². The third-order valence-electron chi connectivity index (χ3n) is 2.29. The zero-order valence-electron chi connectivity index (χ0n) is 9.36. The van der Waals surface area contributed by atoms with Crippen LogP contribution in [-0.2, 0) is 6.42 Å². The van der Waals surface area contributed by atoms with E-state index >= 15 is 0 Å². The van der Waals surface area contributed by atoms with Crippen LogP contribution in [0.1, 0.15) is 18.4 Å². The smallest absolute Gasteiger partial charge is 0.316 e. The summed E-state index contributed by atoms with van der Waals surface area (Å²) in [5, 5.41) is 2.90. The summed E-state index contributed by atoms with van der Waals surface area (Å²) in [6, 6.07) is 6.20. The number of rotatable bonds is 6. The van der Waals surface area contributed by atoms with Gasteiger partial charge in [0.1, 0.15) is 5.82 Å². The van der Waals surface area contributed by atoms with Crippen LogP contribution in [0.25, 0.3) is 0 Å². The van der Waals surface area contributed by atoms with E-state index in [9.17, 15) is 17.6 Å². The van der Waals surface area contributed by atoms with Gasteiger partial charge in [-0.05, 0) is 43.6 Å². The fourth-order valence-corrected chi connectivity index (χ4v) is 1.46. The summed E-state index contributed by atoms with van der Waals surface area (Å²) in [6.07, 6.45) is -4.15. The molecule has 0 spiro atoms. The molecule has 1 rings (SSSR count). The maximum absolute atomic E-state index is 12.8. The van der Waals surface area contributed by atoms with E-state index in [0.717, 1.165) is 5.56 Å². The van der Waals surface area contributed by atoms with Crippen LogP contribution >= 0.6 is 0 Å². The molecule has 0 heterocycles. The molecule has 96 valence electrons. The predicted molar refractivity (Wildman–Crippen MR) is 58.3 cm³/mol. The highest BCUT2D eigenvalue weighted by atomic mass is 19.4. The fraction of sp³-hybridized carbons (Fsp3) is 0.500. The van der Waals surface area contributed by atoms with Crippen LogP contribution < -0.4 is 5.32 Å². The molecule has 0 aromatic heterocycles. The summed E-state index contributed by atoms with van der Waals surface area (Å²) in [6.45, 7) is 0.885. The van der Waals surface area contributed by atoms with Gasteiger partial charge in [-0.25, -0.2) is 4.39 Å². The summed E-state index contributed by atoms with van der Waals surface area (Å²) in [5.41, 5.74) is 0.841. The Morgan fingerprint density at radius 1 is 1.12 bits per heavy atom. The molecule has 0 aliphatic heterocycles. The van der Waals surface area contributed by atoms with Crippen molar-refractivity contribution < 1.29 is 17.6 Å². The van der Waals surface area contributed by atoms with Crippen LogP contribution in [0.2, 0.25) is 0 Å². The average molecular weight is 249 g/mol. The lowest BCUT2D eigenvalue weighted by Gasteiger charge is -2.07. The molecule has 0 fully saturated rings. The maximum Gasteiger partial charge on any atom is 0.389 e. The number of alkyl halides is 3. The van der Waals surface area contributed by atoms with Gasteiger partial charge in [-0.3, -0.25) is 0 Å². The van der Waals surface area contributed by atoms with Crippen LogP contribution in [0, 0.1) is 5.82 Å². The molecule has 0 unspecified atom stereocenters. The van der Waals surface area contributed by atoms with E-state index in [1.165, 1.54) is 12.1 Å². The first kappa shape index (κ1) is 14.0. The van der Waals surface area contributed by atoms with Gasteiger partial charge in [0.25, 0.3) is 0 Å². The van der Waals surface area contributed by atoms with Crippen molar-refractivity contribution in [3.05, 3.63) is 35.6 Å². The Morgan fingerprint density at radius 3 is 2.53 bits per heavy atom. The first-order valence-corrected chi connectivity index (χ1v) is 5.49.